The number of anilines is 2. The maximum Gasteiger partial charge on any atom is 0.435 e. The summed E-state index contributed by atoms with van der Waals surface area (Å²) in [5.74, 6) is 0.473. The van der Waals surface area contributed by atoms with Crippen molar-refractivity contribution in [3.8, 4) is 0 Å². The Balaban J connectivity index is 1.66. The number of nitrogens with one attached hydrogen (secondary N) is 1. The summed E-state index contributed by atoms with van der Waals surface area (Å²) in [6.07, 6.45) is -1.93. The van der Waals surface area contributed by atoms with Crippen molar-refractivity contribution in [2.45, 2.75) is 25.4 Å². The number of halogens is 3. The highest BCUT2D eigenvalue weighted by atomic mass is 19.4. The Morgan fingerprint density at radius 1 is 1.04 bits per heavy atom. The molecule has 28 heavy (non-hydrogen) atoms. The van der Waals surface area contributed by atoms with Crippen molar-refractivity contribution >= 4 is 23.1 Å². The van der Waals surface area contributed by atoms with Crippen molar-refractivity contribution in [1.82, 2.24) is 19.5 Å². The summed E-state index contributed by atoms with van der Waals surface area (Å²) in [6, 6.07) is 9.71. The van der Waals surface area contributed by atoms with Crippen LogP contribution in [0.5, 0.6) is 0 Å². The first-order valence-electron chi connectivity index (χ1n) is 9.28. The van der Waals surface area contributed by atoms with Crippen LogP contribution in [0.25, 0.3) is 11.2 Å². The predicted octanol–water partition coefficient (Wildman–Crippen LogP) is 3.64. The van der Waals surface area contributed by atoms with E-state index in [1.54, 1.807) is 11.6 Å². The molecule has 4 rings (SSSR count). The lowest BCUT2D eigenvalue weighted by Gasteiger charge is -2.15. The second-order valence-corrected chi connectivity index (χ2v) is 6.89. The maximum absolute atomic E-state index is 13.6. The molecule has 1 aliphatic rings. The lowest BCUT2D eigenvalue weighted by atomic mass is 10.1. The smallest absolute Gasteiger partial charge is 0.354 e. The van der Waals surface area contributed by atoms with Crippen LogP contribution in [-0.2, 0) is 19.6 Å². The molecule has 3 aromatic rings. The third-order valence-electron chi connectivity index (χ3n) is 4.89. The third kappa shape index (κ3) is 3.61. The molecular weight excluding hydrogens is 369 g/mol. The molecule has 148 valence electrons. The number of benzene rings is 1. The summed E-state index contributed by atoms with van der Waals surface area (Å²) in [7, 11) is 1.70. The summed E-state index contributed by atoms with van der Waals surface area (Å²) < 4.78 is 42.5. The van der Waals surface area contributed by atoms with Gasteiger partial charge >= 0.3 is 6.18 Å². The van der Waals surface area contributed by atoms with Crippen molar-refractivity contribution in [2.75, 3.05) is 29.9 Å². The van der Waals surface area contributed by atoms with Crippen molar-refractivity contribution < 1.29 is 13.2 Å². The van der Waals surface area contributed by atoms with Gasteiger partial charge in [0.05, 0.1) is 0 Å². The molecule has 0 spiro atoms. The number of hydrogen-bond donors (Lipinski definition) is 1. The molecule has 6 nitrogen and oxygen atoms in total. The molecule has 1 aliphatic heterocycles. The van der Waals surface area contributed by atoms with Gasteiger partial charge in [0, 0.05) is 26.7 Å². The van der Waals surface area contributed by atoms with E-state index >= 15 is 0 Å². The van der Waals surface area contributed by atoms with Crippen LogP contribution in [0, 0.1) is 0 Å². The molecule has 9 heteroatoms. The van der Waals surface area contributed by atoms with Gasteiger partial charge in [0.25, 0.3) is 0 Å². The van der Waals surface area contributed by atoms with Crippen LogP contribution in [-0.4, -0.2) is 39.2 Å². The normalized spacial score (nSPS) is 14.8. The zero-order valence-electron chi connectivity index (χ0n) is 15.5. The average Bonchev–Trinajstić information content (AvgIpc) is 3.30. The predicted molar refractivity (Wildman–Crippen MR) is 101 cm³/mol. The molecular formula is C19H21F3N6. The van der Waals surface area contributed by atoms with Crippen LogP contribution >= 0.6 is 0 Å². The average molecular weight is 390 g/mol. The molecule has 0 amide bonds. The molecule has 1 fully saturated rings. The fourth-order valence-corrected chi connectivity index (χ4v) is 3.49. The minimum Gasteiger partial charge on any atom is -0.354 e. The van der Waals surface area contributed by atoms with Gasteiger partial charge in [0.2, 0.25) is 11.9 Å². The van der Waals surface area contributed by atoms with Crippen LogP contribution in [0.1, 0.15) is 24.1 Å². The molecule has 1 aromatic carbocycles. The Hall–Kier alpha value is -2.84. The molecule has 0 unspecified atom stereocenters. The molecule has 0 radical (unpaired) electrons. The number of rotatable bonds is 5. The van der Waals surface area contributed by atoms with Crippen LogP contribution in [0.4, 0.5) is 25.1 Å². The van der Waals surface area contributed by atoms with Gasteiger partial charge in [-0.1, -0.05) is 30.3 Å². The summed E-state index contributed by atoms with van der Waals surface area (Å²) in [5, 5.41) is 2.93. The van der Waals surface area contributed by atoms with E-state index in [1.165, 1.54) is 0 Å². The SMILES string of the molecule is Cn1c(N2CCCC2)nc2c(C(F)(F)F)nc(NCCc3ccccc3)nc21. The van der Waals surface area contributed by atoms with Gasteiger partial charge in [-0.2, -0.15) is 18.2 Å². The molecule has 2 aromatic heterocycles. The molecule has 3 heterocycles. The minimum atomic E-state index is -4.60. The second kappa shape index (κ2) is 7.29. The number of nitrogens with zero attached hydrogens (tertiary/aromatic N) is 5. The van der Waals surface area contributed by atoms with Gasteiger partial charge in [0.1, 0.15) is 5.52 Å². The van der Waals surface area contributed by atoms with E-state index in [0.29, 0.717) is 18.9 Å². The van der Waals surface area contributed by atoms with E-state index in [4.69, 9.17) is 0 Å². The van der Waals surface area contributed by atoms with E-state index in [2.05, 4.69) is 20.3 Å². The fourth-order valence-electron chi connectivity index (χ4n) is 3.49. The first-order chi connectivity index (χ1) is 13.4. The lowest BCUT2D eigenvalue weighted by Crippen LogP contribution is -2.21. The van der Waals surface area contributed by atoms with Crippen LogP contribution in [0.3, 0.4) is 0 Å². The first kappa shape index (κ1) is 18.5. The number of alkyl halides is 3. The largest absolute Gasteiger partial charge is 0.435 e. The topological polar surface area (TPSA) is 58.9 Å². The standard InChI is InChI=1S/C19H21F3N6/c1-27-16-14(24-18(27)28-11-5-6-12-28)15(19(20,21)22)25-17(26-16)23-10-9-13-7-3-2-4-8-13/h2-4,7-8H,5-6,9-12H2,1H3,(H,23,25,26). The highest BCUT2D eigenvalue weighted by Crippen LogP contribution is 2.35. The molecule has 0 bridgehead atoms. The number of aromatic nitrogens is 4. The summed E-state index contributed by atoms with van der Waals surface area (Å²) in [5.41, 5.74) is 0.0710. The zero-order valence-corrected chi connectivity index (χ0v) is 15.5. The van der Waals surface area contributed by atoms with Gasteiger partial charge in [0.15, 0.2) is 11.3 Å². The van der Waals surface area contributed by atoms with Crippen molar-refractivity contribution in [2.24, 2.45) is 7.05 Å². The number of imidazole rings is 1. The second-order valence-electron chi connectivity index (χ2n) is 6.89. The van der Waals surface area contributed by atoms with E-state index in [1.807, 2.05) is 35.2 Å². The Morgan fingerprint density at radius 3 is 2.43 bits per heavy atom. The van der Waals surface area contributed by atoms with Crippen molar-refractivity contribution in [3.05, 3.63) is 41.6 Å². The van der Waals surface area contributed by atoms with Crippen LogP contribution < -0.4 is 10.2 Å². The maximum atomic E-state index is 13.6. The van der Waals surface area contributed by atoms with Crippen LogP contribution in [0.2, 0.25) is 0 Å². The number of hydrogen-bond acceptors (Lipinski definition) is 5. The lowest BCUT2D eigenvalue weighted by molar-refractivity contribution is -0.139. The quantitative estimate of drug-likeness (QED) is 0.721. The zero-order chi connectivity index (χ0) is 19.7. The Morgan fingerprint density at radius 2 is 1.75 bits per heavy atom. The van der Waals surface area contributed by atoms with E-state index in [-0.39, 0.29) is 17.1 Å². The Kier molecular flexibility index (Phi) is 4.82. The highest BCUT2D eigenvalue weighted by molar-refractivity contribution is 5.79. The van der Waals surface area contributed by atoms with Gasteiger partial charge in [-0.15, -0.1) is 0 Å². The van der Waals surface area contributed by atoms with Gasteiger partial charge in [-0.05, 0) is 24.8 Å². The van der Waals surface area contributed by atoms with Gasteiger partial charge < -0.3 is 10.2 Å². The Labute approximate surface area is 160 Å². The third-order valence-corrected chi connectivity index (χ3v) is 4.89. The molecule has 0 saturated carbocycles. The van der Waals surface area contributed by atoms with Crippen molar-refractivity contribution in [1.29, 1.82) is 0 Å². The molecule has 0 aliphatic carbocycles. The van der Waals surface area contributed by atoms with Crippen molar-refractivity contribution in [3.63, 3.8) is 0 Å². The van der Waals surface area contributed by atoms with Crippen LogP contribution in [0.15, 0.2) is 30.3 Å². The number of fused-ring (bicyclic) bond motifs is 1. The summed E-state index contributed by atoms with van der Waals surface area (Å²) in [6.45, 7) is 2.01. The molecule has 0 atom stereocenters. The number of aryl methyl sites for hydroxylation is 1. The van der Waals surface area contributed by atoms with E-state index in [0.717, 1.165) is 31.5 Å². The monoisotopic (exact) mass is 390 g/mol. The molecule has 1 N–H and O–H groups in total. The Bertz CT molecular complexity index is 961. The van der Waals surface area contributed by atoms with Gasteiger partial charge in [-0.25, -0.2) is 9.97 Å². The summed E-state index contributed by atoms with van der Waals surface area (Å²) in [4.78, 5) is 14.3. The summed E-state index contributed by atoms with van der Waals surface area (Å²) >= 11 is 0. The van der Waals surface area contributed by atoms with E-state index < -0.39 is 11.9 Å². The van der Waals surface area contributed by atoms with Gasteiger partial charge in [-0.3, -0.25) is 4.57 Å². The fraction of sp³-hybridized carbons (Fsp3) is 0.421. The minimum absolute atomic E-state index is 0.0354. The highest BCUT2D eigenvalue weighted by Gasteiger charge is 2.38. The molecule has 1 saturated heterocycles. The first-order valence-corrected chi connectivity index (χ1v) is 9.28. The van der Waals surface area contributed by atoms with E-state index in [9.17, 15) is 13.2 Å².